The van der Waals surface area contributed by atoms with Gasteiger partial charge < -0.3 is 14.0 Å². The summed E-state index contributed by atoms with van der Waals surface area (Å²) in [7, 11) is 0. The number of fused-ring (bicyclic) bond motifs is 1. The van der Waals surface area contributed by atoms with Crippen molar-refractivity contribution in [1.29, 1.82) is 5.26 Å². The third-order valence-corrected chi connectivity index (χ3v) is 5.47. The number of hydrogen-bond donors (Lipinski definition) is 0. The fourth-order valence-corrected chi connectivity index (χ4v) is 3.81. The van der Waals surface area contributed by atoms with Crippen molar-refractivity contribution in [2.75, 3.05) is 13.2 Å². The number of hydrogen-bond acceptors (Lipinski definition) is 6. The summed E-state index contributed by atoms with van der Waals surface area (Å²) in [6.45, 7) is 3.22. The maximum atomic E-state index is 15.0. The van der Waals surface area contributed by atoms with Crippen molar-refractivity contribution in [3.63, 3.8) is 0 Å². The first-order valence-corrected chi connectivity index (χ1v) is 10.9. The summed E-state index contributed by atoms with van der Waals surface area (Å²) in [5.74, 6) is -3.42. The van der Waals surface area contributed by atoms with Crippen LogP contribution < -0.4 is 35.0 Å². The molecular formula is C24H18Cl2FN2NaO5. The van der Waals surface area contributed by atoms with Crippen molar-refractivity contribution in [2.45, 2.75) is 20.4 Å². The number of carbonyl (C=O) groups is 2. The normalized spacial score (nSPS) is 10.3. The Labute approximate surface area is 232 Å². The van der Waals surface area contributed by atoms with Gasteiger partial charge in [0.2, 0.25) is 5.43 Å². The number of nitrogens with zero attached hydrogens (tertiary/aromatic N) is 2. The Morgan fingerprint density at radius 1 is 1.14 bits per heavy atom. The minimum Gasteiger partial charge on any atom is -0.471 e. The van der Waals surface area contributed by atoms with Crippen LogP contribution in [0.1, 0.15) is 35.3 Å². The second-order valence-electron chi connectivity index (χ2n) is 7.01. The van der Waals surface area contributed by atoms with Gasteiger partial charge in [-0.25, -0.2) is 10.1 Å². The summed E-state index contributed by atoms with van der Waals surface area (Å²) in [6.07, 6.45) is 1.27. The van der Waals surface area contributed by atoms with Crippen LogP contribution >= 0.6 is 23.2 Å². The van der Waals surface area contributed by atoms with E-state index in [1.807, 2.05) is 0 Å². The van der Waals surface area contributed by atoms with Crippen molar-refractivity contribution in [2.24, 2.45) is 0 Å². The Kier molecular flexibility index (Phi) is 10.2. The van der Waals surface area contributed by atoms with E-state index in [9.17, 15) is 19.6 Å². The number of aromatic nitrogens is 1. The van der Waals surface area contributed by atoms with Crippen LogP contribution in [0.4, 0.5) is 4.39 Å². The molecule has 11 heteroatoms. The minimum atomic E-state index is -0.999. The van der Waals surface area contributed by atoms with Crippen LogP contribution in [0.25, 0.3) is 10.9 Å². The standard InChI is InChI=1S/C24H18Cl2FN2O5.Na/c1-3-33-23(31)17(10-28)15-9-21-16(8-20(15)27)22(30)18(24(32)34-4-2)12-29(21)11-13-5-6-14(25)7-19(13)26;/h5-9,12H,3-4,11H2,1-2H3;/q-1;+1. The van der Waals surface area contributed by atoms with Gasteiger partial charge in [-0.1, -0.05) is 35.3 Å². The van der Waals surface area contributed by atoms with Crippen molar-refractivity contribution >= 4 is 46.0 Å². The zero-order valence-electron chi connectivity index (χ0n) is 19.2. The number of rotatable bonds is 7. The number of carbonyl (C=O) groups excluding carboxylic acids is 2. The Morgan fingerprint density at radius 2 is 1.83 bits per heavy atom. The first-order chi connectivity index (χ1) is 16.2. The van der Waals surface area contributed by atoms with Gasteiger partial charge >= 0.3 is 35.5 Å². The Morgan fingerprint density at radius 3 is 2.43 bits per heavy atom. The molecule has 0 aliphatic rings. The van der Waals surface area contributed by atoms with E-state index >= 15 is 4.39 Å². The SMILES string of the molecule is CCOC(=O)c1cn(Cc2ccc(Cl)cc2Cl)c2cc([C-](C#N)C(=O)OCC)c(F)cc2c1=O.[Na+]. The minimum absolute atomic E-state index is 0. The maximum absolute atomic E-state index is 15.0. The molecule has 1 heterocycles. The van der Waals surface area contributed by atoms with Gasteiger partial charge in [-0.05, 0) is 37.1 Å². The van der Waals surface area contributed by atoms with E-state index in [0.29, 0.717) is 15.6 Å². The molecule has 0 radical (unpaired) electrons. The number of nitriles is 1. The Bertz CT molecular complexity index is 1390. The second kappa shape index (κ2) is 12.4. The van der Waals surface area contributed by atoms with Crippen LogP contribution in [-0.4, -0.2) is 29.7 Å². The van der Waals surface area contributed by atoms with E-state index in [2.05, 4.69) is 0 Å². The number of benzene rings is 2. The first-order valence-electron chi connectivity index (χ1n) is 10.1. The van der Waals surface area contributed by atoms with E-state index in [4.69, 9.17) is 32.7 Å². The second-order valence-corrected chi connectivity index (χ2v) is 7.86. The predicted octanol–water partition coefficient (Wildman–Crippen LogP) is 1.69. The smallest absolute Gasteiger partial charge is 0.471 e. The van der Waals surface area contributed by atoms with Gasteiger partial charge in [0, 0.05) is 46.0 Å². The molecule has 0 spiro atoms. The van der Waals surface area contributed by atoms with Gasteiger partial charge in [-0.2, -0.15) is 0 Å². The molecule has 0 atom stereocenters. The largest absolute Gasteiger partial charge is 1.00 e. The Hall–Kier alpha value is -2.54. The summed E-state index contributed by atoms with van der Waals surface area (Å²) >= 11 is 12.3. The summed E-state index contributed by atoms with van der Waals surface area (Å²) in [6, 6.07) is 8.54. The molecule has 1 aromatic heterocycles. The fourth-order valence-electron chi connectivity index (χ4n) is 3.34. The molecular weight excluding hydrogens is 509 g/mol. The van der Waals surface area contributed by atoms with E-state index in [0.717, 1.165) is 6.07 Å². The van der Waals surface area contributed by atoms with Crippen LogP contribution in [-0.2, 0) is 20.8 Å². The van der Waals surface area contributed by atoms with Gasteiger partial charge in [0.05, 0.1) is 13.2 Å². The maximum Gasteiger partial charge on any atom is 1.00 e. The summed E-state index contributed by atoms with van der Waals surface area (Å²) in [5.41, 5.74) is -0.648. The molecule has 0 unspecified atom stereocenters. The van der Waals surface area contributed by atoms with Crippen LogP contribution in [0, 0.1) is 23.1 Å². The molecule has 176 valence electrons. The van der Waals surface area contributed by atoms with Gasteiger partial charge in [0.15, 0.2) is 0 Å². The number of halogens is 3. The molecule has 3 rings (SSSR count). The molecule has 0 saturated carbocycles. The molecule has 0 aliphatic heterocycles. The van der Waals surface area contributed by atoms with Gasteiger partial charge in [-0.3, -0.25) is 14.0 Å². The van der Waals surface area contributed by atoms with Crippen LogP contribution in [0.2, 0.25) is 10.0 Å². The quantitative estimate of drug-likeness (QED) is 0.264. The average Bonchev–Trinajstić information content (AvgIpc) is 2.78. The summed E-state index contributed by atoms with van der Waals surface area (Å²) < 4.78 is 26.3. The molecule has 7 nitrogen and oxygen atoms in total. The molecule has 3 aromatic rings. The zero-order valence-corrected chi connectivity index (χ0v) is 22.7. The zero-order chi connectivity index (χ0) is 25.0. The van der Waals surface area contributed by atoms with Crippen molar-refractivity contribution < 1.29 is 53.0 Å². The summed E-state index contributed by atoms with van der Waals surface area (Å²) in [4.78, 5) is 37.6. The van der Waals surface area contributed by atoms with Crippen molar-refractivity contribution in [3.8, 4) is 6.07 Å². The van der Waals surface area contributed by atoms with Crippen molar-refractivity contribution in [3.05, 3.63) is 85.2 Å². The van der Waals surface area contributed by atoms with Crippen molar-refractivity contribution in [1.82, 2.24) is 4.57 Å². The van der Waals surface area contributed by atoms with E-state index in [1.54, 1.807) is 32.0 Å². The molecule has 0 saturated heterocycles. The van der Waals surface area contributed by atoms with Crippen LogP contribution in [0.15, 0.2) is 41.3 Å². The Balaban J connectivity index is 0.00000432. The number of pyridine rings is 1. The van der Waals surface area contributed by atoms with Gasteiger partial charge in [0.1, 0.15) is 5.56 Å². The molecule has 0 aliphatic carbocycles. The molecule has 0 N–H and O–H groups in total. The topological polar surface area (TPSA) is 98.4 Å². The average molecular weight is 527 g/mol. The van der Waals surface area contributed by atoms with Gasteiger partial charge in [0.25, 0.3) is 5.97 Å². The molecule has 0 bridgehead atoms. The third kappa shape index (κ3) is 6.18. The molecule has 0 amide bonds. The van der Waals surface area contributed by atoms with E-state index in [1.165, 1.54) is 22.9 Å². The third-order valence-electron chi connectivity index (χ3n) is 4.88. The first kappa shape index (κ1) is 28.7. The van der Waals surface area contributed by atoms with E-state index in [-0.39, 0.29) is 71.3 Å². The molecule has 2 aromatic carbocycles. The van der Waals surface area contributed by atoms with Gasteiger partial charge in [-0.15, -0.1) is 11.6 Å². The van der Waals surface area contributed by atoms with Crippen LogP contribution in [0.3, 0.4) is 0 Å². The van der Waals surface area contributed by atoms with E-state index < -0.39 is 29.1 Å². The molecule has 0 fully saturated rings. The fraction of sp³-hybridized carbons (Fsp3) is 0.208. The monoisotopic (exact) mass is 526 g/mol. The van der Waals surface area contributed by atoms with Crippen LogP contribution in [0.5, 0.6) is 0 Å². The number of ether oxygens (including phenoxy) is 2. The predicted molar refractivity (Wildman–Crippen MR) is 124 cm³/mol. The number of esters is 2. The molecule has 35 heavy (non-hydrogen) atoms. The summed E-state index contributed by atoms with van der Waals surface area (Å²) in [5, 5.41) is 10.1.